The first-order valence-corrected chi connectivity index (χ1v) is 7.34. The summed E-state index contributed by atoms with van der Waals surface area (Å²) in [6.07, 6.45) is 3.92. The minimum Gasteiger partial charge on any atom is -0.496 e. The van der Waals surface area contributed by atoms with Gasteiger partial charge in [0.25, 0.3) is 0 Å². The smallest absolute Gasteiger partial charge is 0.222 e. The van der Waals surface area contributed by atoms with E-state index in [1.807, 2.05) is 23.1 Å². The van der Waals surface area contributed by atoms with Crippen molar-refractivity contribution in [1.82, 2.24) is 4.90 Å². The van der Waals surface area contributed by atoms with Crippen molar-refractivity contribution in [3.05, 3.63) is 23.8 Å². The van der Waals surface area contributed by atoms with Crippen LogP contribution in [-0.2, 0) is 11.3 Å². The molecule has 2 N–H and O–H groups in total. The van der Waals surface area contributed by atoms with Gasteiger partial charge in [-0.25, -0.2) is 0 Å². The Morgan fingerprint density at radius 3 is 2.90 bits per heavy atom. The van der Waals surface area contributed by atoms with Gasteiger partial charge in [-0.2, -0.15) is 0 Å². The van der Waals surface area contributed by atoms with Crippen molar-refractivity contribution in [2.24, 2.45) is 5.92 Å². The van der Waals surface area contributed by atoms with Gasteiger partial charge in [-0.05, 0) is 37.0 Å². The Labute approximate surface area is 120 Å². The Morgan fingerprint density at radius 1 is 1.40 bits per heavy atom. The predicted octanol–water partition coefficient (Wildman–Crippen LogP) is 2.82. The lowest BCUT2D eigenvalue weighted by atomic mass is 9.98. The van der Waals surface area contributed by atoms with Crippen LogP contribution < -0.4 is 10.5 Å². The second kappa shape index (κ2) is 6.64. The Kier molecular flexibility index (Phi) is 4.88. The van der Waals surface area contributed by atoms with Crippen molar-refractivity contribution < 1.29 is 9.53 Å². The number of methoxy groups -OCH3 is 1. The molecule has 0 saturated carbocycles. The zero-order valence-corrected chi connectivity index (χ0v) is 12.4. The Hall–Kier alpha value is -1.71. The number of nitrogens with zero attached hydrogens (tertiary/aromatic N) is 1. The fourth-order valence-corrected chi connectivity index (χ4v) is 2.80. The summed E-state index contributed by atoms with van der Waals surface area (Å²) in [6, 6.07) is 5.58. The van der Waals surface area contributed by atoms with E-state index in [0.717, 1.165) is 37.1 Å². The molecule has 1 unspecified atom stereocenters. The average Bonchev–Trinajstić information content (AvgIpc) is 2.62. The summed E-state index contributed by atoms with van der Waals surface area (Å²) >= 11 is 0. The first-order valence-electron chi connectivity index (χ1n) is 7.34. The highest BCUT2D eigenvalue weighted by molar-refractivity contribution is 5.76. The lowest BCUT2D eigenvalue weighted by molar-refractivity contribution is -0.131. The van der Waals surface area contributed by atoms with Crippen LogP contribution in [0, 0.1) is 5.92 Å². The monoisotopic (exact) mass is 276 g/mol. The molecule has 0 aliphatic carbocycles. The molecule has 1 heterocycles. The lowest BCUT2D eigenvalue weighted by Crippen LogP contribution is -2.30. The van der Waals surface area contributed by atoms with Crippen LogP contribution in [0.5, 0.6) is 5.75 Å². The molecule has 1 saturated heterocycles. The van der Waals surface area contributed by atoms with Gasteiger partial charge in [-0.3, -0.25) is 4.79 Å². The first-order chi connectivity index (χ1) is 9.63. The SMILES string of the molecule is CCC1CCC(=O)N(Cc2cc(N)ccc2OC)CC1. The summed E-state index contributed by atoms with van der Waals surface area (Å²) in [5, 5.41) is 0. The number of anilines is 1. The molecule has 20 heavy (non-hydrogen) atoms. The standard InChI is InChI=1S/C16H24N2O2/c1-3-12-4-7-16(19)18(9-8-12)11-13-10-14(17)5-6-15(13)20-2/h5-6,10,12H,3-4,7-9,11,17H2,1-2H3. The normalized spacial score (nSPS) is 19.8. The molecule has 4 heteroatoms. The summed E-state index contributed by atoms with van der Waals surface area (Å²) < 4.78 is 5.36. The third-order valence-electron chi connectivity index (χ3n) is 4.17. The Bertz CT molecular complexity index is 474. The highest BCUT2D eigenvalue weighted by Gasteiger charge is 2.22. The number of hydrogen-bond donors (Lipinski definition) is 1. The van der Waals surface area contributed by atoms with Gasteiger partial charge in [-0.15, -0.1) is 0 Å². The maximum atomic E-state index is 12.2. The van der Waals surface area contributed by atoms with Crippen molar-refractivity contribution in [2.75, 3.05) is 19.4 Å². The molecule has 1 fully saturated rings. The third kappa shape index (κ3) is 3.44. The average molecular weight is 276 g/mol. The molecule has 1 aromatic rings. The van der Waals surface area contributed by atoms with E-state index in [-0.39, 0.29) is 5.91 Å². The number of ether oxygens (including phenoxy) is 1. The minimum absolute atomic E-state index is 0.241. The fourth-order valence-electron chi connectivity index (χ4n) is 2.80. The van der Waals surface area contributed by atoms with Gasteiger partial charge in [0.1, 0.15) is 5.75 Å². The van der Waals surface area contributed by atoms with Gasteiger partial charge < -0.3 is 15.4 Å². The van der Waals surface area contributed by atoms with Crippen molar-refractivity contribution in [3.63, 3.8) is 0 Å². The van der Waals surface area contributed by atoms with Gasteiger partial charge in [0.05, 0.1) is 7.11 Å². The second-order valence-electron chi connectivity index (χ2n) is 5.49. The quantitative estimate of drug-likeness (QED) is 0.860. The number of carbonyl (C=O) groups excluding carboxylic acids is 1. The number of rotatable bonds is 4. The van der Waals surface area contributed by atoms with Crippen LogP contribution in [0.15, 0.2) is 18.2 Å². The van der Waals surface area contributed by atoms with Gasteiger partial charge >= 0.3 is 0 Å². The van der Waals surface area contributed by atoms with Crippen LogP contribution in [0.1, 0.15) is 38.2 Å². The maximum Gasteiger partial charge on any atom is 0.222 e. The molecule has 0 spiro atoms. The van der Waals surface area contributed by atoms with Crippen LogP contribution >= 0.6 is 0 Å². The van der Waals surface area contributed by atoms with E-state index in [2.05, 4.69) is 6.92 Å². The van der Waals surface area contributed by atoms with Crippen LogP contribution in [0.2, 0.25) is 0 Å². The maximum absolute atomic E-state index is 12.2. The lowest BCUT2D eigenvalue weighted by Gasteiger charge is -2.22. The summed E-state index contributed by atoms with van der Waals surface area (Å²) in [5.41, 5.74) is 7.52. The van der Waals surface area contributed by atoms with Crippen molar-refractivity contribution >= 4 is 11.6 Å². The summed E-state index contributed by atoms with van der Waals surface area (Å²) in [6.45, 7) is 3.62. The molecule has 1 atom stereocenters. The Balaban J connectivity index is 2.12. The number of amides is 1. The van der Waals surface area contributed by atoms with E-state index in [1.54, 1.807) is 7.11 Å². The van der Waals surface area contributed by atoms with E-state index in [1.165, 1.54) is 0 Å². The topological polar surface area (TPSA) is 55.6 Å². The van der Waals surface area contributed by atoms with Crippen molar-refractivity contribution in [1.29, 1.82) is 0 Å². The van der Waals surface area contributed by atoms with Crippen LogP contribution in [0.25, 0.3) is 0 Å². The molecule has 110 valence electrons. The zero-order valence-electron chi connectivity index (χ0n) is 12.4. The highest BCUT2D eigenvalue weighted by Crippen LogP contribution is 2.26. The molecule has 0 aromatic heterocycles. The molecular formula is C16H24N2O2. The van der Waals surface area contributed by atoms with Gasteiger partial charge in [0.15, 0.2) is 0 Å². The molecule has 1 amide bonds. The first kappa shape index (κ1) is 14.7. The summed E-state index contributed by atoms with van der Waals surface area (Å²) in [5.74, 6) is 1.71. The summed E-state index contributed by atoms with van der Waals surface area (Å²) in [4.78, 5) is 14.2. The van der Waals surface area contributed by atoms with E-state index in [0.29, 0.717) is 24.6 Å². The van der Waals surface area contributed by atoms with E-state index in [4.69, 9.17) is 10.5 Å². The molecule has 1 aliphatic heterocycles. The van der Waals surface area contributed by atoms with Gasteiger partial charge in [0, 0.05) is 30.8 Å². The Morgan fingerprint density at radius 2 is 2.20 bits per heavy atom. The van der Waals surface area contributed by atoms with Crippen LogP contribution in [-0.4, -0.2) is 24.5 Å². The highest BCUT2D eigenvalue weighted by atomic mass is 16.5. The second-order valence-corrected chi connectivity index (χ2v) is 5.49. The number of hydrogen-bond acceptors (Lipinski definition) is 3. The number of nitrogen functional groups attached to an aromatic ring is 1. The third-order valence-corrected chi connectivity index (χ3v) is 4.17. The van der Waals surface area contributed by atoms with E-state index < -0.39 is 0 Å². The number of carbonyl (C=O) groups is 1. The van der Waals surface area contributed by atoms with Crippen LogP contribution in [0.3, 0.4) is 0 Å². The molecule has 1 aromatic carbocycles. The van der Waals surface area contributed by atoms with Gasteiger partial charge in [-0.1, -0.05) is 13.3 Å². The molecule has 4 nitrogen and oxygen atoms in total. The largest absolute Gasteiger partial charge is 0.496 e. The number of nitrogens with two attached hydrogens (primary N) is 1. The number of benzene rings is 1. The molecule has 1 aliphatic rings. The minimum atomic E-state index is 0.241. The van der Waals surface area contributed by atoms with E-state index in [9.17, 15) is 4.79 Å². The zero-order chi connectivity index (χ0) is 14.5. The van der Waals surface area contributed by atoms with Crippen molar-refractivity contribution in [3.8, 4) is 5.75 Å². The summed E-state index contributed by atoms with van der Waals surface area (Å²) in [7, 11) is 1.65. The van der Waals surface area contributed by atoms with Gasteiger partial charge in [0.2, 0.25) is 5.91 Å². The van der Waals surface area contributed by atoms with Crippen molar-refractivity contribution in [2.45, 2.75) is 39.2 Å². The number of likely N-dealkylation sites (tertiary alicyclic amines) is 1. The van der Waals surface area contributed by atoms with Crippen LogP contribution in [0.4, 0.5) is 5.69 Å². The molecule has 0 bridgehead atoms. The predicted molar refractivity (Wildman–Crippen MR) is 80.5 cm³/mol. The molecule has 2 rings (SSSR count). The molecular weight excluding hydrogens is 252 g/mol. The van der Waals surface area contributed by atoms with E-state index >= 15 is 0 Å². The fraction of sp³-hybridized carbons (Fsp3) is 0.562. The molecule has 0 radical (unpaired) electrons.